The highest BCUT2D eigenvalue weighted by molar-refractivity contribution is 7.93. The smallest absolute Gasteiger partial charge is 0.222 e. The zero-order valence-electron chi connectivity index (χ0n) is 8.88. The van der Waals surface area contributed by atoms with Gasteiger partial charge in [0.15, 0.2) is 5.78 Å². The summed E-state index contributed by atoms with van der Waals surface area (Å²) in [5, 5.41) is 3.36. The molecule has 0 aromatic heterocycles. The monoisotopic (exact) mass is 241 g/mol. The molecule has 0 radical (unpaired) electrons. The van der Waals surface area contributed by atoms with E-state index in [-0.39, 0.29) is 5.78 Å². The maximum Gasteiger partial charge on any atom is 0.222 e. The van der Waals surface area contributed by atoms with Crippen molar-refractivity contribution in [1.29, 1.82) is 0 Å². The molecule has 0 atom stereocenters. The average Bonchev–Trinajstić information content (AvgIpc) is 2.29. The van der Waals surface area contributed by atoms with E-state index >= 15 is 0 Å². The number of ketones is 1. The molecule has 0 bridgehead atoms. The van der Waals surface area contributed by atoms with Crippen LogP contribution in [0.2, 0.25) is 0 Å². The van der Waals surface area contributed by atoms with Crippen molar-refractivity contribution in [2.24, 2.45) is 5.16 Å². The number of carbonyl (C=O) groups is 1. The number of rotatable bonds is 6. The fourth-order valence-electron chi connectivity index (χ4n) is 0.916. The molecule has 0 aliphatic carbocycles. The largest absolute Gasteiger partial charge is 0.442 e. The first kappa shape index (κ1) is 12.5. The number of nitrogens with zero attached hydrogens (tertiary/aromatic N) is 1. The second-order valence-corrected chi connectivity index (χ2v) is 3.19. The molecule has 16 heavy (non-hydrogen) atoms. The van der Waals surface area contributed by atoms with E-state index in [1.165, 1.54) is 6.92 Å². The van der Waals surface area contributed by atoms with Gasteiger partial charge in [0.1, 0.15) is 5.75 Å². The number of carbonyl (C=O) groups excluding carboxylic acids is 1. The van der Waals surface area contributed by atoms with Gasteiger partial charge in [0, 0.05) is 23.9 Å². The minimum Gasteiger partial charge on any atom is -0.442 e. The summed E-state index contributed by atoms with van der Waals surface area (Å²) in [6, 6.07) is 6.67. The fraction of sp³-hybridized carbons (Fsp3) is 0.200. The molecule has 0 saturated carbocycles. The summed E-state index contributed by atoms with van der Waals surface area (Å²) in [6.07, 6.45) is 2.79. The van der Waals surface area contributed by atoms with Crippen LogP contribution in [0.4, 0.5) is 0 Å². The maximum atomic E-state index is 11.0. The van der Waals surface area contributed by atoms with Crippen LogP contribution >= 0.6 is 12.0 Å². The highest BCUT2D eigenvalue weighted by Crippen LogP contribution is 2.11. The molecule has 0 heterocycles. The molecule has 86 valence electrons. The molecule has 0 spiro atoms. The molecule has 5 nitrogen and oxygen atoms in total. The van der Waals surface area contributed by atoms with Gasteiger partial charge in [-0.05, 0) is 36.3 Å². The summed E-state index contributed by atoms with van der Waals surface area (Å²) >= 11 is 1.02. The van der Waals surface area contributed by atoms with E-state index in [1.54, 1.807) is 30.5 Å². The molecule has 0 unspecified atom stereocenters. The third-order valence-corrected chi connectivity index (χ3v) is 1.83. The lowest BCUT2D eigenvalue weighted by Gasteiger charge is -1.99. The van der Waals surface area contributed by atoms with Gasteiger partial charge in [-0.2, -0.15) is 0 Å². The first-order valence-electron chi connectivity index (χ1n) is 4.40. The van der Waals surface area contributed by atoms with E-state index < -0.39 is 0 Å². The Labute approximate surface area is 97.5 Å². The Morgan fingerprint density at radius 2 is 2.06 bits per heavy atom. The van der Waals surface area contributed by atoms with Crippen molar-refractivity contribution in [3.05, 3.63) is 29.8 Å². The number of oxime groups is 1. The summed E-state index contributed by atoms with van der Waals surface area (Å²) in [6.45, 7) is 1.50. The van der Waals surface area contributed by atoms with E-state index in [0.717, 1.165) is 18.4 Å². The van der Waals surface area contributed by atoms with Crippen LogP contribution in [-0.2, 0) is 9.32 Å². The van der Waals surface area contributed by atoms with Crippen molar-refractivity contribution in [3.63, 3.8) is 0 Å². The normalized spacial score (nSPS) is 10.4. The highest BCUT2D eigenvalue weighted by atomic mass is 32.2. The average molecular weight is 241 g/mol. The van der Waals surface area contributed by atoms with E-state index in [2.05, 4.69) is 14.5 Å². The number of benzene rings is 1. The zero-order valence-corrected chi connectivity index (χ0v) is 9.69. The van der Waals surface area contributed by atoms with Gasteiger partial charge < -0.3 is 4.74 Å². The summed E-state index contributed by atoms with van der Waals surface area (Å²) in [5.41, 5.74) is 0.631. The third-order valence-electron chi connectivity index (χ3n) is 1.63. The van der Waals surface area contributed by atoms with Crippen LogP contribution in [0.5, 0.6) is 5.75 Å². The Bertz CT molecular complexity index is 364. The van der Waals surface area contributed by atoms with Crippen LogP contribution in [0.3, 0.4) is 0 Å². The lowest BCUT2D eigenvalue weighted by molar-refractivity contribution is -0.190. The molecular weight excluding hydrogens is 230 g/mol. The highest BCUT2D eigenvalue weighted by Gasteiger charge is 1.98. The first-order chi connectivity index (χ1) is 7.74. The third kappa shape index (κ3) is 4.33. The quantitative estimate of drug-likeness (QED) is 0.146. The van der Waals surface area contributed by atoms with Crippen molar-refractivity contribution >= 4 is 24.2 Å². The maximum absolute atomic E-state index is 11.0. The van der Waals surface area contributed by atoms with Crippen molar-refractivity contribution < 1.29 is 18.9 Å². The molecule has 1 aromatic carbocycles. The summed E-state index contributed by atoms with van der Waals surface area (Å²) in [5.74, 6) is 0.568. The fourth-order valence-corrected chi connectivity index (χ4v) is 1.01. The number of ether oxygens (including phenoxy) is 1. The lowest BCUT2D eigenvalue weighted by atomic mass is 10.1. The van der Waals surface area contributed by atoms with Crippen LogP contribution in [-0.4, -0.2) is 18.4 Å². The summed E-state index contributed by atoms with van der Waals surface area (Å²) in [4.78, 5) is 15.3. The van der Waals surface area contributed by atoms with Crippen molar-refractivity contribution in [2.45, 2.75) is 6.92 Å². The zero-order chi connectivity index (χ0) is 11.8. The number of hydrogen-bond acceptors (Lipinski definition) is 6. The van der Waals surface area contributed by atoms with E-state index in [4.69, 9.17) is 4.74 Å². The predicted molar refractivity (Wildman–Crippen MR) is 61.3 cm³/mol. The van der Waals surface area contributed by atoms with Gasteiger partial charge in [-0.25, -0.2) is 4.99 Å². The molecule has 0 aliphatic heterocycles. The Kier molecular flexibility index (Phi) is 5.38. The van der Waals surface area contributed by atoms with E-state index in [9.17, 15) is 4.79 Å². The molecule has 0 aliphatic rings. The number of Topliss-reactive ketones (excluding diaryl/α,β-unsaturated/α-hetero) is 1. The van der Waals surface area contributed by atoms with Crippen molar-refractivity contribution in [2.75, 3.05) is 6.26 Å². The topological polar surface area (TPSA) is 57.1 Å². The van der Waals surface area contributed by atoms with Crippen LogP contribution in [0.25, 0.3) is 0 Å². The van der Waals surface area contributed by atoms with Crippen LogP contribution in [0, 0.1) is 0 Å². The minimum absolute atomic E-state index is 0.0110. The van der Waals surface area contributed by atoms with Crippen LogP contribution in [0.1, 0.15) is 17.3 Å². The Morgan fingerprint density at radius 3 is 2.62 bits per heavy atom. The van der Waals surface area contributed by atoms with Crippen LogP contribution in [0.15, 0.2) is 29.4 Å². The molecule has 0 N–H and O–H groups in total. The van der Waals surface area contributed by atoms with Crippen molar-refractivity contribution in [3.8, 4) is 5.75 Å². The molecule has 0 saturated heterocycles. The molecular formula is C10H11NO4S. The SMILES string of the molecule is CSOO/N=C/Oc1ccc(C(C)=O)cc1. The van der Waals surface area contributed by atoms with Gasteiger partial charge in [-0.15, -0.1) is 0 Å². The summed E-state index contributed by atoms with van der Waals surface area (Å²) < 4.78 is 9.49. The van der Waals surface area contributed by atoms with E-state index in [1.807, 2.05) is 0 Å². The Morgan fingerprint density at radius 1 is 1.38 bits per heavy atom. The predicted octanol–water partition coefficient (Wildman–Crippen LogP) is 2.44. The lowest BCUT2D eigenvalue weighted by Crippen LogP contribution is -1.94. The first-order valence-corrected chi connectivity index (χ1v) is 5.55. The Balaban J connectivity index is 2.43. The summed E-state index contributed by atoms with van der Waals surface area (Å²) in [7, 11) is 0. The minimum atomic E-state index is 0.0110. The van der Waals surface area contributed by atoms with Gasteiger partial charge in [0.25, 0.3) is 0 Å². The molecule has 1 rings (SSSR count). The van der Waals surface area contributed by atoms with Gasteiger partial charge in [-0.3, -0.25) is 4.79 Å². The molecule has 1 aromatic rings. The van der Waals surface area contributed by atoms with Gasteiger partial charge in [0.2, 0.25) is 6.40 Å². The number of hydrogen-bond donors (Lipinski definition) is 0. The van der Waals surface area contributed by atoms with Crippen LogP contribution < -0.4 is 4.74 Å². The molecule has 0 fully saturated rings. The second-order valence-electron chi connectivity index (χ2n) is 2.72. The molecule has 0 amide bonds. The second kappa shape index (κ2) is 6.86. The Hall–Kier alpha value is -1.53. The van der Waals surface area contributed by atoms with Gasteiger partial charge >= 0.3 is 0 Å². The standard InChI is InChI=1S/C10H11NO4S/c1-8(12)9-3-5-10(6-4-9)13-7-11-14-15-16-2/h3-7H,1-2H3/b11-7+. The van der Waals surface area contributed by atoms with Gasteiger partial charge in [-0.1, -0.05) is 4.33 Å². The van der Waals surface area contributed by atoms with E-state index in [0.29, 0.717) is 11.3 Å². The van der Waals surface area contributed by atoms with Crippen molar-refractivity contribution in [1.82, 2.24) is 0 Å². The van der Waals surface area contributed by atoms with Gasteiger partial charge in [0.05, 0.1) is 0 Å². The molecule has 6 heteroatoms.